The van der Waals surface area contributed by atoms with Crippen molar-refractivity contribution in [2.45, 2.75) is 45.6 Å². The number of hydrogen-bond acceptors (Lipinski definition) is 5. The van der Waals surface area contributed by atoms with Gasteiger partial charge in [0.15, 0.2) is 5.96 Å². The van der Waals surface area contributed by atoms with Gasteiger partial charge in [0.05, 0.1) is 16.7 Å². The summed E-state index contributed by atoms with van der Waals surface area (Å²) >= 11 is 1.74. The van der Waals surface area contributed by atoms with Crippen LogP contribution in [-0.4, -0.2) is 90.5 Å². The summed E-state index contributed by atoms with van der Waals surface area (Å²) in [6, 6.07) is -0.0207. The van der Waals surface area contributed by atoms with E-state index in [9.17, 15) is 4.79 Å². The van der Waals surface area contributed by atoms with E-state index < -0.39 is 0 Å². The van der Waals surface area contributed by atoms with E-state index in [4.69, 9.17) is 0 Å². The molecular formula is C20H35IN6OS. The van der Waals surface area contributed by atoms with Crippen LogP contribution in [0.5, 0.6) is 0 Å². The summed E-state index contributed by atoms with van der Waals surface area (Å²) in [5.41, 5.74) is 1.16. The second-order valence-corrected chi connectivity index (χ2v) is 8.48. The number of guanidine groups is 1. The molecule has 7 nitrogen and oxygen atoms in total. The third kappa shape index (κ3) is 6.52. The highest BCUT2D eigenvalue weighted by molar-refractivity contribution is 14.0. The van der Waals surface area contributed by atoms with E-state index in [-0.39, 0.29) is 30.0 Å². The summed E-state index contributed by atoms with van der Waals surface area (Å²) < 4.78 is 0. The molecule has 2 aliphatic rings. The largest absolute Gasteiger partial charge is 0.356 e. The molecule has 9 heteroatoms. The molecule has 1 atom stereocenters. The third-order valence-electron chi connectivity index (χ3n) is 5.71. The van der Waals surface area contributed by atoms with Gasteiger partial charge < -0.3 is 15.1 Å². The standard InChI is InChI=1S/C20H34N6OS.HI/c1-4-18-23-17(15-28-18)7-8-22-20(21-3)26-13-11-24(12-14-26)16(2)19(27)25-9-5-6-10-25;/h15-16H,4-14H2,1-3H3,(H,21,22);1H. The van der Waals surface area contributed by atoms with Gasteiger partial charge in [-0.25, -0.2) is 4.98 Å². The van der Waals surface area contributed by atoms with Crippen molar-refractivity contribution in [2.24, 2.45) is 4.99 Å². The molecule has 1 amide bonds. The zero-order chi connectivity index (χ0) is 19.9. The quantitative estimate of drug-likeness (QED) is 0.344. The fourth-order valence-corrected chi connectivity index (χ4v) is 4.72. The van der Waals surface area contributed by atoms with Crippen molar-refractivity contribution in [1.29, 1.82) is 0 Å². The first-order valence-corrected chi connectivity index (χ1v) is 11.4. The van der Waals surface area contributed by atoms with E-state index in [0.29, 0.717) is 5.91 Å². The molecule has 1 N–H and O–H groups in total. The summed E-state index contributed by atoms with van der Waals surface area (Å²) in [6.07, 6.45) is 4.21. The molecule has 1 unspecified atom stereocenters. The van der Waals surface area contributed by atoms with Gasteiger partial charge >= 0.3 is 0 Å². The predicted octanol–water partition coefficient (Wildman–Crippen LogP) is 2.07. The summed E-state index contributed by atoms with van der Waals surface area (Å²) in [5.74, 6) is 1.24. The van der Waals surface area contributed by atoms with Crippen LogP contribution in [0.1, 0.15) is 37.4 Å². The van der Waals surface area contributed by atoms with Crippen LogP contribution >= 0.6 is 35.3 Å². The molecule has 0 aromatic carbocycles. The van der Waals surface area contributed by atoms with Crippen LogP contribution in [0.3, 0.4) is 0 Å². The number of thiazole rings is 1. The Kier molecular flexibility index (Phi) is 10.1. The number of rotatable bonds is 6. The number of carbonyl (C=O) groups excluding carboxylic acids is 1. The Morgan fingerprint density at radius 3 is 2.48 bits per heavy atom. The minimum absolute atomic E-state index is 0. The van der Waals surface area contributed by atoms with Gasteiger partial charge in [0.1, 0.15) is 0 Å². The maximum absolute atomic E-state index is 12.6. The van der Waals surface area contributed by atoms with Gasteiger partial charge in [0, 0.05) is 64.7 Å². The number of nitrogens with zero attached hydrogens (tertiary/aromatic N) is 5. The lowest BCUT2D eigenvalue weighted by atomic mass is 10.2. The number of aliphatic imine (C=N–C) groups is 1. The van der Waals surface area contributed by atoms with Crippen molar-refractivity contribution in [3.63, 3.8) is 0 Å². The van der Waals surface area contributed by atoms with Crippen molar-refractivity contribution < 1.29 is 4.79 Å². The fourth-order valence-electron chi connectivity index (χ4n) is 3.94. The van der Waals surface area contributed by atoms with Gasteiger partial charge in [-0.15, -0.1) is 35.3 Å². The third-order valence-corrected chi connectivity index (χ3v) is 6.76. The molecule has 2 aliphatic heterocycles. The first kappa shape index (κ1) is 24.3. The fraction of sp³-hybridized carbons (Fsp3) is 0.750. The first-order chi connectivity index (χ1) is 13.6. The maximum Gasteiger partial charge on any atom is 0.239 e. The highest BCUT2D eigenvalue weighted by Crippen LogP contribution is 2.14. The second kappa shape index (κ2) is 12.0. The Morgan fingerprint density at radius 2 is 1.90 bits per heavy atom. The summed E-state index contributed by atoms with van der Waals surface area (Å²) in [5, 5.41) is 6.83. The monoisotopic (exact) mass is 534 g/mol. The highest BCUT2D eigenvalue weighted by Gasteiger charge is 2.30. The van der Waals surface area contributed by atoms with Crippen LogP contribution in [0.2, 0.25) is 0 Å². The molecule has 0 spiro atoms. The average molecular weight is 535 g/mol. The molecule has 0 saturated carbocycles. The van der Waals surface area contributed by atoms with Gasteiger partial charge in [-0.3, -0.25) is 14.7 Å². The number of aromatic nitrogens is 1. The van der Waals surface area contributed by atoms with Gasteiger partial charge in [-0.05, 0) is 26.2 Å². The molecule has 1 aromatic heterocycles. The van der Waals surface area contributed by atoms with Crippen molar-refractivity contribution in [3.05, 3.63) is 16.1 Å². The Hall–Kier alpha value is -0.940. The second-order valence-electron chi connectivity index (χ2n) is 7.54. The molecule has 0 radical (unpaired) electrons. The predicted molar refractivity (Wildman–Crippen MR) is 130 cm³/mol. The van der Waals surface area contributed by atoms with Gasteiger partial charge in [0.2, 0.25) is 5.91 Å². The van der Waals surface area contributed by atoms with Crippen LogP contribution in [0.4, 0.5) is 0 Å². The zero-order valence-corrected chi connectivity index (χ0v) is 21.0. The summed E-state index contributed by atoms with van der Waals surface area (Å²) in [7, 11) is 1.84. The van der Waals surface area contributed by atoms with Gasteiger partial charge in [-0.1, -0.05) is 6.92 Å². The van der Waals surface area contributed by atoms with E-state index in [2.05, 4.69) is 44.3 Å². The average Bonchev–Trinajstić information content (AvgIpc) is 3.42. The number of aryl methyl sites for hydroxylation is 1. The van der Waals surface area contributed by atoms with E-state index >= 15 is 0 Å². The maximum atomic E-state index is 12.6. The normalized spacial score (nSPS) is 19.2. The number of nitrogens with one attached hydrogen (secondary N) is 1. The lowest BCUT2D eigenvalue weighted by molar-refractivity contribution is -0.135. The van der Waals surface area contributed by atoms with Crippen LogP contribution in [0.25, 0.3) is 0 Å². The highest BCUT2D eigenvalue weighted by atomic mass is 127. The van der Waals surface area contributed by atoms with Crippen molar-refractivity contribution in [2.75, 3.05) is 52.9 Å². The minimum atomic E-state index is -0.0207. The Labute approximate surface area is 196 Å². The number of halogens is 1. The molecule has 2 saturated heterocycles. The minimum Gasteiger partial charge on any atom is -0.356 e. The topological polar surface area (TPSA) is 64.1 Å². The molecule has 1 aromatic rings. The zero-order valence-electron chi connectivity index (χ0n) is 17.9. The molecule has 2 fully saturated rings. The van der Waals surface area contributed by atoms with Crippen LogP contribution < -0.4 is 5.32 Å². The van der Waals surface area contributed by atoms with Gasteiger partial charge in [0.25, 0.3) is 0 Å². The summed E-state index contributed by atoms with van der Waals surface area (Å²) in [6.45, 7) is 10.5. The van der Waals surface area contributed by atoms with Crippen LogP contribution in [0.15, 0.2) is 10.4 Å². The molecule has 164 valence electrons. The van der Waals surface area contributed by atoms with E-state index in [1.807, 2.05) is 11.9 Å². The lowest BCUT2D eigenvalue weighted by Crippen LogP contribution is -2.57. The molecule has 0 aliphatic carbocycles. The van der Waals surface area contributed by atoms with Crippen molar-refractivity contribution >= 4 is 47.2 Å². The molecule has 3 heterocycles. The first-order valence-electron chi connectivity index (χ1n) is 10.5. The molecular weight excluding hydrogens is 499 g/mol. The van der Waals surface area contributed by atoms with Crippen LogP contribution in [-0.2, 0) is 17.6 Å². The molecule has 3 rings (SSSR count). The SMILES string of the molecule is CCc1nc(CCNC(=NC)N2CCN(C(C)C(=O)N3CCCC3)CC2)cs1.I. The molecule has 0 bridgehead atoms. The van der Waals surface area contributed by atoms with Crippen molar-refractivity contribution in [3.8, 4) is 0 Å². The van der Waals surface area contributed by atoms with Crippen molar-refractivity contribution in [1.82, 2.24) is 25.0 Å². The number of hydrogen-bond donors (Lipinski definition) is 1. The Balaban J connectivity index is 0.00000300. The number of amides is 1. The van der Waals surface area contributed by atoms with Crippen LogP contribution in [0, 0.1) is 0 Å². The molecule has 29 heavy (non-hydrogen) atoms. The van der Waals surface area contributed by atoms with E-state index in [1.165, 1.54) is 5.01 Å². The Bertz CT molecular complexity index is 668. The summed E-state index contributed by atoms with van der Waals surface area (Å²) in [4.78, 5) is 28.4. The smallest absolute Gasteiger partial charge is 0.239 e. The number of carbonyl (C=O) groups is 1. The number of likely N-dealkylation sites (tertiary alicyclic amines) is 1. The number of piperazine rings is 1. The Morgan fingerprint density at radius 1 is 1.21 bits per heavy atom. The lowest BCUT2D eigenvalue weighted by Gasteiger charge is -2.39. The van der Waals surface area contributed by atoms with E-state index in [1.54, 1.807) is 11.3 Å². The van der Waals surface area contributed by atoms with E-state index in [0.717, 1.165) is 83.2 Å². The van der Waals surface area contributed by atoms with Gasteiger partial charge in [-0.2, -0.15) is 0 Å².